The summed E-state index contributed by atoms with van der Waals surface area (Å²) in [6, 6.07) is 15.4. The van der Waals surface area contributed by atoms with Gasteiger partial charge in [0.2, 0.25) is 0 Å². The molecule has 2 aromatic carbocycles. The maximum Gasteiger partial charge on any atom is 0.166 e. The smallest absolute Gasteiger partial charge is 0.166 e. The summed E-state index contributed by atoms with van der Waals surface area (Å²) in [4.78, 5) is 13.0. The molecule has 0 heterocycles. The molecule has 128 valence electrons. The maximum absolute atomic E-state index is 13.0. The van der Waals surface area contributed by atoms with Gasteiger partial charge in [0.25, 0.3) is 0 Å². The lowest BCUT2D eigenvalue weighted by Crippen LogP contribution is -2.22. The van der Waals surface area contributed by atoms with Crippen LogP contribution in [0, 0.1) is 5.92 Å². The van der Waals surface area contributed by atoms with Gasteiger partial charge in [0.1, 0.15) is 11.5 Å². The fraction of sp³-hybridized carbons (Fsp3) is 0.381. The number of hydrogen-bond donors (Lipinski definition) is 0. The highest BCUT2D eigenvalue weighted by atomic mass is 16.5. The molecular formula is C21H26O3. The summed E-state index contributed by atoms with van der Waals surface area (Å²) in [6.45, 7) is 4.22. The van der Waals surface area contributed by atoms with Gasteiger partial charge in [-0.25, -0.2) is 0 Å². The number of hydrogen-bond acceptors (Lipinski definition) is 3. The van der Waals surface area contributed by atoms with Crippen LogP contribution in [-0.2, 0) is 0 Å². The Bertz CT molecular complexity index is 644. The molecule has 0 amide bonds. The highest BCUT2D eigenvalue weighted by Gasteiger charge is 2.27. The van der Waals surface area contributed by atoms with E-state index in [0.717, 1.165) is 29.9 Å². The molecule has 0 bridgehead atoms. The average molecular weight is 326 g/mol. The number of Topliss-reactive ketones (excluding diaryl/α,β-unsaturated/α-hetero) is 1. The molecule has 0 aliphatic rings. The predicted molar refractivity (Wildman–Crippen MR) is 97.1 cm³/mol. The highest BCUT2D eigenvalue weighted by molar-refractivity contribution is 5.98. The molecule has 2 rings (SSSR count). The Morgan fingerprint density at radius 2 is 1.33 bits per heavy atom. The normalized spacial score (nSPS) is 13.2. The van der Waals surface area contributed by atoms with Crippen LogP contribution in [0.5, 0.6) is 11.5 Å². The third kappa shape index (κ3) is 3.97. The Hall–Kier alpha value is -2.29. The second-order valence-electron chi connectivity index (χ2n) is 5.90. The summed E-state index contributed by atoms with van der Waals surface area (Å²) in [6.07, 6.45) is 1.74. The van der Waals surface area contributed by atoms with Gasteiger partial charge in [-0.2, -0.15) is 0 Å². The van der Waals surface area contributed by atoms with E-state index in [1.54, 1.807) is 14.2 Å². The van der Waals surface area contributed by atoms with Gasteiger partial charge in [0.15, 0.2) is 5.78 Å². The minimum absolute atomic E-state index is 0.0308. The fourth-order valence-corrected chi connectivity index (χ4v) is 3.23. The summed E-state index contributed by atoms with van der Waals surface area (Å²) in [7, 11) is 3.29. The van der Waals surface area contributed by atoms with Crippen molar-refractivity contribution in [2.45, 2.75) is 32.6 Å². The summed E-state index contributed by atoms with van der Waals surface area (Å²) in [5.74, 6) is 1.97. The van der Waals surface area contributed by atoms with Gasteiger partial charge in [0.05, 0.1) is 14.2 Å². The van der Waals surface area contributed by atoms with Crippen LogP contribution in [0.1, 0.15) is 48.5 Å². The van der Waals surface area contributed by atoms with Crippen molar-refractivity contribution in [3.63, 3.8) is 0 Å². The number of carbonyl (C=O) groups excluding carboxylic acids is 1. The molecule has 0 saturated carbocycles. The van der Waals surface area contributed by atoms with Crippen molar-refractivity contribution in [2.24, 2.45) is 5.92 Å². The van der Waals surface area contributed by atoms with Gasteiger partial charge in [-0.3, -0.25) is 4.79 Å². The first kappa shape index (κ1) is 18.1. The lowest BCUT2D eigenvalue weighted by Gasteiger charge is -2.25. The fourth-order valence-electron chi connectivity index (χ4n) is 3.23. The van der Waals surface area contributed by atoms with Crippen molar-refractivity contribution >= 4 is 5.78 Å². The summed E-state index contributed by atoms with van der Waals surface area (Å²) < 4.78 is 10.4. The molecule has 3 nitrogen and oxygen atoms in total. The van der Waals surface area contributed by atoms with Gasteiger partial charge in [-0.1, -0.05) is 26.0 Å². The first-order chi connectivity index (χ1) is 11.6. The van der Waals surface area contributed by atoms with Crippen LogP contribution in [0.3, 0.4) is 0 Å². The lowest BCUT2D eigenvalue weighted by atomic mass is 9.78. The minimum atomic E-state index is -0.0308. The zero-order valence-corrected chi connectivity index (χ0v) is 14.9. The maximum atomic E-state index is 13.0. The van der Waals surface area contributed by atoms with Crippen LogP contribution in [0.15, 0.2) is 48.5 Å². The minimum Gasteiger partial charge on any atom is -0.497 e. The zero-order chi connectivity index (χ0) is 17.5. The van der Waals surface area contributed by atoms with E-state index in [9.17, 15) is 4.79 Å². The zero-order valence-electron chi connectivity index (χ0n) is 14.9. The quantitative estimate of drug-likeness (QED) is 0.633. The van der Waals surface area contributed by atoms with E-state index >= 15 is 0 Å². The monoisotopic (exact) mass is 326 g/mol. The standard InChI is InChI=1S/C21H26O3/c1-5-19(15-7-11-17(23-3)12-8-15)20(6-2)21(22)16-9-13-18(24-4)14-10-16/h7-14,19-20H,5-6H2,1-4H3/t19-,20-/m0/s1. The van der Waals surface area contributed by atoms with E-state index in [4.69, 9.17) is 9.47 Å². The van der Waals surface area contributed by atoms with Crippen molar-refractivity contribution in [3.05, 3.63) is 59.7 Å². The average Bonchev–Trinajstić information content (AvgIpc) is 2.65. The number of carbonyl (C=O) groups is 1. The molecule has 0 N–H and O–H groups in total. The third-order valence-corrected chi connectivity index (χ3v) is 4.62. The van der Waals surface area contributed by atoms with Crippen molar-refractivity contribution < 1.29 is 14.3 Å². The van der Waals surface area contributed by atoms with E-state index in [-0.39, 0.29) is 17.6 Å². The molecule has 0 aromatic heterocycles. The van der Waals surface area contributed by atoms with Crippen molar-refractivity contribution in [1.82, 2.24) is 0 Å². The van der Waals surface area contributed by atoms with Crippen LogP contribution in [0.25, 0.3) is 0 Å². The molecule has 0 saturated heterocycles. The second kappa shape index (κ2) is 8.53. The number of rotatable bonds is 8. The summed E-state index contributed by atoms with van der Waals surface area (Å²) in [5, 5.41) is 0. The molecule has 0 radical (unpaired) electrons. The molecule has 0 spiro atoms. The van der Waals surface area contributed by atoms with Gasteiger partial charge < -0.3 is 9.47 Å². The Morgan fingerprint density at radius 3 is 1.75 bits per heavy atom. The molecule has 2 aromatic rings. The molecule has 0 unspecified atom stereocenters. The van der Waals surface area contributed by atoms with E-state index < -0.39 is 0 Å². The largest absolute Gasteiger partial charge is 0.497 e. The molecule has 0 aliphatic heterocycles. The first-order valence-electron chi connectivity index (χ1n) is 8.46. The number of ether oxygens (including phenoxy) is 2. The van der Waals surface area contributed by atoms with Gasteiger partial charge >= 0.3 is 0 Å². The Balaban J connectivity index is 2.26. The molecule has 24 heavy (non-hydrogen) atoms. The molecule has 0 aliphatic carbocycles. The Kier molecular flexibility index (Phi) is 6.42. The second-order valence-corrected chi connectivity index (χ2v) is 5.90. The molecular weight excluding hydrogens is 300 g/mol. The van der Waals surface area contributed by atoms with Crippen molar-refractivity contribution in [2.75, 3.05) is 14.2 Å². The van der Waals surface area contributed by atoms with E-state index in [1.807, 2.05) is 36.4 Å². The third-order valence-electron chi connectivity index (χ3n) is 4.62. The van der Waals surface area contributed by atoms with Crippen LogP contribution >= 0.6 is 0 Å². The Morgan fingerprint density at radius 1 is 0.833 bits per heavy atom. The van der Waals surface area contributed by atoms with Gasteiger partial charge in [-0.15, -0.1) is 0 Å². The van der Waals surface area contributed by atoms with Gasteiger partial charge in [0, 0.05) is 11.5 Å². The van der Waals surface area contributed by atoms with E-state index in [1.165, 1.54) is 5.56 Å². The van der Waals surface area contributed by atoms with Crippen LogP contribution in [0.2, 0.25) is 0 Å². The number of methoxy groups -OCH3 is 2. The van der Waals surface area contributed by atoms with Crippen LogP contribution in [-0.4, -0.2) is 20.0 Å². The number of ketones is 1. The first-order valence-corrected chi connectivity index (χ1v) is 8.46. The predicted octanol–water partition coefficient (Wildman–Crippen LogP) is 5.11. The number of benzene rings is 2. The van der Waals surface area contributed by atoms with Crippen molar-refractivity contribution in [3.8, 4) is 11.5 Å². The SMILES string of the molecule is CC[C@H](C(=O)c1ccc(OC)cc1)[C@@H](CC)c1ccc(OC)cc1. The molecule has 2 atom stereocenters. The highest BCUT2D eigenvalue weighted by Crippen LogP contribution is 2.34. The van der Waals surface area contributed by atoms with E-state index in [2.05, 4.69) is 26.0 Å². The topological polar surface area (TPSA) is 35.5 Å². The summed E-state index contributed by atoms with van der Waals surface area (Å²) in [5.41, 5.74) is 1.93. The molecule has 0 fully saturated rings. The Labute approximate surface area is 144 Å². The van der Waals surface area contributed by atoms with Gasteiger partial charge in [-0.05, 0) is 60.7 Å². The van der Waals surface area contributed by atoms with E-state index in [0.29, 0.717) is 0 Å². The van der Waals surface area contributed by atoms with Crippen molar-refractivity contribution in [1.29, 1.82) is 0 Å². The van der Waals surface area contributed by atoms with Crippen LogP contribution < -0.4 is 9.47 Å². The molecule has 3 heteroatoms. The summed E-state index contributed by atoms with van der Waals surface area (Å²) >= 11 is 0. The lowest BCUT2D eigenvalue weighted by molar-refractivity contribution is 0.0893. The van der Waals surface area contributed by atoms with Crippen LogP contribution in [0.4, 0.5) is 0 Å².